The Morgan fingerprint density at radius 1 is 1.06 bits per heavy atom. The van der Waals surface area contributed by atoms with E-state index in [0.717, 1.165) is 24.7 Å². The lowest BCUT2D eigenvalue weighted by Crippen LogP contribution is -2.38. The van der Waals surface area contributed by atoms with Crippen LogP contribution in [-0.4, -0.2) is 20.8 Å². The van der Waals surface area contributed by atoms with Gasteiger partial charge in [0.15, 0.2) is 0 Å². The molecule has 0 aromatic rings. The number of rotatable bonds is 2. The van der Waals surface area contributed by atoms with Crippen molar-refractivity contribution in [2.75, 3.05) is 7.11 Å². The first-order chi connectivity index (χ1) is 8.12. The molecule has 0 aromatic heterocycles. The molecule has 0 heterocycles. The molecule has 0 saturated heterocycles. The molecule has 0 aliphatic heterocycles. The molecule has 94 valence electrons. The van der Waals surface area contributed by atoms with Gasteiger partial charge in [-0.1, -0.05) is 12.2 Å². The average molecular weight is 254 g/mol. The lowest BCUT2D eigenvalue weighted by atomic mass is 9.73. The molecule has 17 heavy (non-hydrogen) atoms. The number of fused-ring (bicyclic) bond motifs is 9. The van der Waals surface area contributed by atoms with Gasteiger partial charge in [0, 0.05) is 0 Å². The summed E-state index contributed by atoms with van der Waals surface area (Å²) in [5, 5.41) is -0.216. The summed E-state index contributed by atoms with van der Waals surface area (Å²) in [5.41, 5.74) is 0. The van der Waals surface area contributed by atoms with E-state index in [9.17, 15) is 8.42 Å². The Hall–Kier alpha value is -0.350. The molecular formula is C13H18O3S. The molecule has 4 bridgehead atoms. The van der Waals surface area contributed by atoms with Crippen LogP contribution in [0.2, 0.25) is 0 Å². The van der Waals surface area contributed by atoms with Gasteiger partial charge in [0.05, 0.1) is 12.4 Å². The number of allylic oxidation sites excluding steroid dienone is 2. The lowest BCUT2D eigenvalue weighted by Gasteiger charge is -2.35. The highest BCUT2D eigenvalue weighted by molar-refractivity contribution is 7.87. The van der Waals surface area contributed by atoms with E-state index < -0.39 is 10.1 Å². The van der Waals surface area contributed by atoms with E-state index in [2.05, 4.69) is 12.2 Å². The van der Waals surface area contributed by atoms with Gasteiger partial charge in [-0.3, -0.25) is 4.18 Å². The monoisotopic (exact) mass is 254 g/mol. The van der Waals surface area contributed by atoms with Gasteiger partial charge < -0.3 is 0 Å². The van der Waals surface area contributed by atoms with E-state index in [-0.39, 0.29) is 5.25 Å². The van der Waals surface area contributed by atoms with E-state index in [1.807, 2.05) is 0 Å². The van der Waals surface area contributed by atoms with Crippen molar-refractivity contribution >= 4 is 10.1 Å². The van der Waals surface area contributed by atoms with Crippen LogP contribution in [0.25, 0.3) is 0 Å². The van der Waals surface area contributed by atoms with Crippen LogP contribution in [0, 0.1) is 35.5 Å². The minimum absolute atomic E-state index is 0.216. The van der Waals surface area contributed by atoms with Crippen LogP contribution in [0.3, 0.4) is 0 Å². The smallest absolute Gasteiger partial charge is 0.270 e. The van der Waals surface area contributed by atoms with Gasteiger partial charge in [-0.05, 0) is 54.8 Å². The van der Waals surface area contributed by atoms with Crippen molar-refractivity contribution in [3.05, 3.63) is 12.2 Å². The van der Waals surface area contributed by atoms with Crippen molar-refractivity contribution < 1.29 is 12.6 Å². The molecule has 3 saturated carbocycles. The van der Waals surface area contributed by atoms with Gasteiger partial charge in [-0.2, -0.15) is 8.42 Å². The molecule has 0 radical (unpaired) electrons. The van der Waals surface area contributed by atoms with Gasteiger partial charge in [-0.25, -0.2) is 0 Å². The minimum Gasteiger partial charge on any atom is -0.273 e. The summed E-state index contributed by atoms with van der Waals surface area (Å²) in [4.78, 5) is 0. The standard InChI is InChI=1S/C13H18O3S/c1-16-17(14,15)11-6-9-5-10(11)13-8-3-2-7(4-8)12(9)13/h2-3,7-13H,4-6H2,1H3. The topological polar surface area (TPSA) is 43.4 Å². The SMILES string of the molecule is COS(=O)(=O)C1CC2CC1C1C3C=CC(C3)C21. The summed E-state index contributed by atoms with van der Waals surface area (Å²) in [6.07, 6.45) is 7.97. The Morgan fingerprint density at radius 2 is 1.76 bits per heavy atom. The average Bonchev–Trinajstić information content (AvgIpc) is 3.05. The Labute approximate surface area is 102 Å². The Morgan fingerprint density at radius 3 is 2.47 bits per heavy atom. The Balaban J connectivity index is 1.70. The second kappa shape index (κ2) is 3.15. The Bertz CT molecular complexity index is 481. The van der Waals surface area contributed by atoms with Crippen molar-refractivity contribution in [2.24, 2.45) is 35.5 Å². The normalized spacial score (nSPS) is 54.5. The van der Waals surface area contributed by atoms with Crippen molar-refractivity contribution in [2.45, 2.75) is 24.5 Å². The van der Waals surface area contributed by atoms with E-state index in [1.54, 1.807) is 0 Å². The number of hydrogen-bond acceptors (Lipinski definition) is 3. The first-order valence-electron chi connectivity index (χ1n) is 6.59. The van der Waals surface area contributed by atoms with Gasteiger partial charge in [0.25, 0.3) is 10.1 Å². The summed E-state index contributed by atoms with van der Waals surface area (Å²) in [5.74, 6) is 3.85. The summed E-state index contributed by atoms with van der Waals surface area (Å²) in [6.45, 7) is 0. The first-order valence-corrected chi connectivity index (χ1v) is 8.06. The fourth-order valence-electron chi connectivity index (χ4n) is 5.41. The molecule has 0 aromatic carbocycles. The molecule has 4 aliphatic carbocycles. The molecule has 3 fully saturated rings. The molecule has 0 N–H and O–H groups in total. The molecule has 4 heteroatoms. The van der Waals surface area contributed by atoms with Gasteiger partial charge in [0.1, 0.15) is 0 Å². The zero-order valence-electron chi connectivity index (χ0n) is 9.95. The zero-order valence-corrected chi connectivity index (χ0v) is 10.8. The minimum atomic E-state index is -3.31. The van der Waals surface area contributed by atoms with E-state index in [0.29, 0.717) is 23.7 Å². The number of hydrogen-bond donors (Lipinski definition) is 0. The summed E-state index contributed by atoms with van der Waals surface area (Å²) >= 11 is 0. The van der Waals surface area contributed by atoms with E-state index in [4.69, 9.17) is 4.18 Å². The Kier molecular flexibility index (Phi) is 1.96. The fourth-order valence-corrected chi connectivity index (χ4v) is 6.86. The highest BCUT2D eigenvalue weighted by atomic mass is 32.2. The van der Waals surface area contributed by atoms with Gasteiger partial charge >= 0.3 is 0 Å². The van der Waals surface area contributed by atoms with E-state index >= 15 is 0 Å². The largest absolute Gasteiger partial charge is 0.273 e. The third kappa shape index (κ3) is 1.18. The third-order valence-corrected chi connectivity index (χ3v) is 7.56. The van der Waals surface area contributed by atoms with Crippen molar-refractivity contribution in [1.29, 1.82) is 0 Å². The van der Waals surface area contributed by atoms with Crippen LogP contribution in [0.1, 0.15) is 19.3 Å². The highest BCUT2D eigenvalue weighted by Gasteiger charge is 2.63. The van der Waals surface area contributed by atoms with Gasteiger partial charge in [0.2, 0.25) is 0 Å². The maximum absolute atomic E-state index is 11.9. The second-order valence-electron chi connectivity index (χ2n) is 6.20. The molecule has 7 atom stereocenters. The predicted octanol–water partition coefficient (Wildman–Crippen LogP) is 1.81. The molecule has 4 aliphatic rings. The molecular weight excluding hydrogens is 236 g/mol. The molecule has 0 spiro atoms. The van der Waals surface area contributed by atoms with Crippen molar-refractivity contribution in [1.82, 2.24) is 0 Å². The highest BCUT2D eigenvalue weighted by Crippen LogP contribution is 2.66. The van der Waals surface area contributed by atoms with E-state index in [1.165, 1.54) is 13.5 Å². The van der Waals surface area contributed by atoms with Crippen LogP contribution in [0.15, 0.2) is 12.2 Å². The maximum Gasteiger partial charge on any atom is 0.270 e. The fraction of sp³-hybridized carbons (Fsp3) is 0.846. The summed E-state index contributed by atoms with van der Waals surface area (Å²) in [6, 6.07) is 0. The third-order valence-electron chi connectivity index (χ3n) is 5.81. The predicted molar refractivity (Wildman–Crippen MR) is 63.6 cm³/mol. The van der Waals surface area contributed by atoms with Gasteiger partial charge in [-0.15, -0.1) is 0 Å². The van der Waals surface area contributed by atoms with Crippen molar-refractivity contribution in [3.63, 3.8) is 0 Å². The first kappa shape index (κ1) is 10.6. The molecule has 4 rings (SSSR count). The molecule has 7 unspecified atom stereocenters. The van der Waals surface area contributed by atoms with Crippen LogP contribution in [-0.2, 0) is 14.3 Å². The maximum atomic E-state index is 11.9. The summed E-state index contributed by atoms with van der Waals surface area (Å²) in [7, 11) is -2.00. The van der Waals surface area contributed by atoms with Crippen LogP contribution in [0.4, 0.5) is 0 Å². The van der Waals surface area contributed by atoms with Crippen LogP contribution >= 0.6 is 0 Å². The van der Waals surface area contributed by atoms with Crippen LogP contribution < -0.4 is 0 Å². The second-order valence-corrected chi connectivity index (χ2v) is 8.12. The quantitative estimate of drug-likeness (QED) is 0.429. The molecule has 3 nitrogen and oxygen atoms in total. The summed E-state index contributed by atoms with van der Waals surface area (Å²) < 4.78 is 28.6. The lowest BCUT2D eigenvalue weighted by molar-refractivity contribution is 0.201. The van der Waals surface area contributed by atoms with Crippen molar-refractivity contribution in [3.8, 4) is 0 Å². The molecule has 0 amide bonds. The van der Waals surface area contributed by atoms with Crippen LogP contribution in [0.5, 0.6) is 0 Å². The zero-order chi connectivity index (χ0) is 11.8.